The van der Waals surface area contributed by atoms with Crippen molar-refractivity contribution in [2.75, 3.05) is 38.2 Å². The number of carbonyl (C=O) groups is 1. The van der Waals surface area contributed by atoms with Crippen LogP contribution in [0.1, 0.15) is 28.9 Å². The third-order valence-electron chi connectivity index (χ3n) is 4.02. The van der Waals surface area contributed by atoms with Crippen LogP contribution in [0.15, 0.2) is 0 Å². The van der Waals surface area contributed by atoms with Crippen molar-refractivity contribution in [3.63, 3.8) is 0 Å². The van der Waals surface area contributed by atoms with Crippen molar-refractivity contribution >= 4 is 34.0 Å². The minimum atomic E-state index is -0.406. The second kappa shape index (κ2) is 5.87. The molecule has 0 N–H and O–H groups in total. The Balaban J connectivity index is 1.79. The van der Waals surface area contributed by atoms with Gasteiger partial charge in [-0.25, -0.2) is 9.78 Å². The van der Waals surface area contributed by atoms with Gasteiger partial charge in [-0.1, -0.05) is 22.9 Å². The zero-order chi connectivity index (χ0) is 14.1. The van der Waals surface area contributed by atoms with E-state index in [-0.39, 0.29) is 5.15 Å². The standard InChI is InChI=1S/C13H18ClN3O2S/c1-19-12(18)10-11(14)15-13(20-10)17-7-3-6-16-5-2-4-9(16)8-17/h9H,2-8H2,1H3. The normalized spacial score (nSPS) is 23.5. The maximum Gasteiger partial charge on any atom is 0.351 e. The first-order valence-corrected chi connectivity index (χ1v) is 8.12. The number of carbonyl (C=O) groups excluding carboxylic acids is 1. The van der Waals surface area contributed by atoms with E-state index in [1.807, 2.05) is 0 Å². The molecule has 0 aliphatic carbocycles. The molecule has 0 bridgehead atoms. The Morgan fingerprint density at radius 3 is 3.00 bits per heavy atom. The molecule has 1 aromatic heterocycles. The number of thiazole rings is 1. The van der Waals surface area contributed by atoms with Gasteiger partial charge in [0.25, 0.3) is 0 Å². The molecule has 0 amide bonds. The second-order valence-corrected chi connectivity index (χ2v) is 6.58. The molecule has 2 fully saturated rings. The van der Waals surface area contributed by atoms with Crippen LogP contribution in [-0.2, 0) is 4.74 Å². The molecule has 1 unspecified atom stereocenters. The summed E-state index contributed by atoms with van der Waals surface area (Å²) in [6.07, 6.45) is 3.66. The number of hydrogen-bond acceptors (Lipinski definition) is 6. The van der Waals surface area contributed by atoms with Gasteiger partial charge >= 0.3 is 5.97 Å². The minimum absolute atomic E-state index is 0.254. The van der Waals surface area contributed by atoms with E-state index in [9.17, 15) is 4.79 Å². The molecule has 0 saturated carbocycles. The molecule has 3 rings (SSSR count). The second-order valence-electron chi connectivity index (χ2n) is 5.24. The molecule has 110 valence electrons. The first kappa shape index (κ1) is 14.1. The van der Waals surface area contributed by atoms with E-state index < -0.39 is 5.97 Å². The van der Waals surface area contributed by atoms with Crippen LogP contribution in [0.2, 0.25) is 5.15 Å². The highest BCUT2D eigenvalue weighted by Gasteiger charge is 2.30. The van der Waals surface area contributed by atoms with Crippen LogP contribution >= 0.6 is 22.9 Å². The van der Waals surface area contributed by atoms with Crippen LogP contribution in [0.3, 0.4) is 0 Å². The molecule has 20 heavy (non-hydrogen) atoms. The molecule has 0 spiro atoms. The molecule has 0 radical (unpaired) electrons. The lowest BCUT2D eigenvalue weighted by atomic mass is 10.2. The zero-order valence-corrected chi connectivity index (χ0v) is 13.0. The number of hydrogen-bond donors (Lipinski definition) is 0. The fraction of sp³-hybridized carbons (Fsp3) is 0.692. The van der Waals surface area contributed by atoms with Crippen molar-refractivity contribution in [2.45, 2.75) is 25.3 Å². The Labute approximate surface area is 127 Å². The largest absolute Gasteiger partial charge is 0.465 e. The van der Waals surface area contributed by atoms with Gasteiger partial charge in [-0.2, -0.15) is 0 Å². The van der Waals surface area contributed by atoms with Crippen molar-refractivity contribution in [1.29, 1.82) is 0 Å². The number of fused-ring (bicyclic) bond motifs is 1. The van der Waals surface area contributed by atoms with E-state index in [1.54, 1.807) is 0 Å². The fourth-order valence-corrected chi connectivity index (χ4v) is 4.26. The van der Waals surface area contributed by atoms with Crippen molar-refractivity contribution in [3.05, 3.63) is 10.0 Å². The topological polar surface area (TPSA) is 45.7 Å². The van der Waals surface area contributed by atoms with E-state index in [0.717, 1.165) is 31.2 Å². The van der Waals surface area contributed by atoms with Gasteiger partial charge in [-0.05, 0) is 25.8 Å². The maximum atomic E-state index is 11.6. The van der Waals surface area contributed by atoms with Crippen molar-refractivity contribution < 1.29 is 9.53 Å². The van der Waals surface area contributed by atoms with E-state index in [1.165, 1.54) is 37.8 Å². The summed E-state index contributed by atoms with van der Waals surface area (Å²) in [4.78, 5) is 21.2. The highest BCUT2D eigenvalue weighted by Crippen LogP contribution is 2.32. The first-order valence-electron chi connectivity index (χ1n) is 6.92. The average Bonchev–Trinajstić information content (AvgIpc) is 2.99. The van der Waals surface area contributed by atoms with Gasteiger partial charge in [0.1, 0.15) is 0 Å². The molecule has 0 aromatic carbocycles. The number of esters is 1. The predicted octanol–water partition coefficient (Wildman–Crippen LogP) is 2.26. The number of halogens is 1. The zero-order valence-electron chi connectivity index (χ0n) is 11.5. The van der Waals surface area contributed by atoms with Gasteiger partial charge in [0, 0.05) is 25.7 Å². The van der Waals surface area contributed by atoms with E-state index in [4.69, 9.17) is 16.3 Å². The van der Waals surface area contributed by atoms with Crippen molar-refractivity contribution in [3.8, 4) is 0 Å². The highest BCUT2D eigenvalue weighted by molar-refractivity contribution is 7.18. The van der Waals surface area contributed by atoms with Crippen LogP contribution in [0, 0.1) is 0 Å². The fourth-order valence-electron chi connectivity index (χ4n) is 3.03. The van der Waals surface area contributed by atoms with Gasteiger partial charge in [0.05, 0.1) is 7.11 Å². The molecular formula is C13H18ClN3O2S. The lowest BCUT2D eigenvalue weighted by Crippen LogP contribution is -2.36. The van der Waals surface area contributed by atoms with E-state index >= 15 is 0 Å². The third-order valence-corrected chi connectivity index (χ3v) is 5.50. The minimum Gasteiger partial charge on any atom is -0.465 e. The Morgan fingerprint density at radius 2 is 2.20 bits per heavy atom. The average molecular weight is 316 g/mol. The SMILES string of the molecule is COC(=O)c1sc(N2CCCN3CCCC3C2)nc1Cl. The molecule has 1 atom stereocenters. The molecule has 2 aliphatic heterocycles. The summed E-state index contributed by atoms with van der Waals surface area (Å²) in [5.41, 5.74) is 0. The lowest BCUT2D eigenvalue weighted by molar-refractivity contribution is 0.0606. The number of ether oxygens (including phenoxy) is 1. The molecule has 2 saturated heterocycles. The first-order chi connectivity index (χ1) is 9.69. The number of rotatable bonds is 2. The Kier molecular flexibility index (Phi) is 4.14. The van der Waals surface area contributed by atoms with Crippen LogP contribution in [0.4, 0.5) is 5.13 Å². The summed E-state index contributed by atoms with van der Waals surface area (Å²) in [6.45, 7) is 4.32. The van der Waals surface area contributed by atoms with Gasteiger partial charge in [-0.15, -0.1) is 0 Å². The molecule has 3 heterocycles. The lowest BCUT2D eigenvalue weighted by Gasteiger charge is -2.25. The summed E-state index contributed by atoms with van der Waals surface area (Å²) >= 11 is 7.38. The van der Waals surface area contributed by atoms with E-state index in [0.29, 0.717) is 10.9 Å². The molecule has 1 aromatic rings. The Hall–Kier alpha value is -0.850. The molecule has 2 aliphatic rings. The number of aromatic nitrogens is 1. The molecule has 5 nitrogen and oxygen atoms in total. The summed E-state index contributed by atoms with van der Waals surface area (Å²) in [7, 11) is 1.36. The quantitative estimate of drug-likeness (QED) is 0.783. The molecular weight excluding hydrogens is 298 g/mol. The Bertz CT molecular complexity index is 508. The summed E-state index contributed by atoms with van der Waals surface area (Å²) in [5.74, 6) is -0.406. The third kappa shape index (κ3) is 2.64. The van der Waals surface area contributed by atoms with Crippen LogP contribution < -0.4 is 4.90 Å². The van der Waals surface area contributed by atoms with Gasteiger partial charge in [0.15, 0.2) is 15.2 Å². The van der Waals surface area contributed by atoms with Crippen LogP contribution in [-0.4, -0.2) is 55.2 Å². The summed E-state index contributed by atoms with van der Waals surface area (Å²) in [6, 6.07) is 0.613. The van der Waals surface area contributed by atoms with Gasteiger partial charge < -0.3 is 9.64 Å². The monoisotopic (exact) mass is 315 g/mol. The number of nitrogens with zero attached hydrogens (tertiary/aromatic N) is 3. The van der Waals surface area contributed by atoms with Gasteiger partial charge in [0.2, 0.25) is 0 Å². The number of methoxy groups -OCH3 is 1. The smallest absolute Gasteiger partial charge is 0.351 e. The van der Waals surface area contributed by atoms with Gasteiger partial charge in [-0.3, -0.25) is 4.90 Å². The molecule has 7 heteroatoms. The van der Waals surface area contributed by atoms with Crippen LogP contribution in [0.5, 0.6) is 0 Å². The maximum absolute atomic E-state index is 11.6. The predicted molar refractivity (Wildman–Crippen MR) is 79.9 cm³/mol. The highest BCUT2D eigenvalue weighted by atomic mass is 35.5. The van der Waals surface area contributed by atoms with E-state index in [2.05, 4.69) is 14.8 Å². The van der Waals surface area contributed by atoms with Crippen molar-refractivity contribution in [2.24, 2.45) is 0 Å². The summed E-state index contributed by atoms with van der Waals surface area (Å²) in [5, 5.41) is 1.09. The summed E-state index contributed by atoms with van der Waals surface area (Å²) < 4.78 is 4.73. The van der Waals surface area contributed by atoms with Crippen LogP contribution in [0.25, 0.3) is 0 Å². The number of anilines is 1. The Morgan fingerprint density at radius 1 is 1.40 bits per heavy atom. The van der Waals surface area contributed by atoms with Crippen molar-refractivity contribution in [1.82, 2.24) is 9.88 Å².